The smallest absolute Gasteiger partial charge is 0.160 e. The molecule has 0 radical (unpaired) electrons. The van der Waals surface area contributed by atoms with Crippen LogP contribution in [0.5, 0.6) is 0 Å². The first-order valence-corrected chi connectivity index (χ1v) is 19.1. The summed E-state index contributed by atoms with van der Waals surface area (Å²) in [7, 11) is 0. The van der Waals surface area contributed by atoms with Gasteiger partial charge in [-0.3, -0.25) is 4.40 Å². The summed E-state index contributed by atoms with van der Waals surface area (Å²) in [5.74, 6) is 0.693. The van der Waals surface area contributed by atoms with Crippen molar-refractivity contribution in [1.82, 2.24) is 19.4 Å². The van der Waals surface area contributed by atoms with Crippen LogP contribution in [0.3, 0.4) is 0 Å². The summed E-state index contributed by atoms with van der Waals surface area (Å²) in [6.07, 6.45) is 2.08. The molecule has 3 heterocycles. The SMILES string of the molecule is c1ccc(-c2c(-c3ccc(-c4nc(-c5ccc6c(c5)C5(c7ccccc7-c7ccccc75)c5ccccc5-6)c5ccccc5n4)cc3)nc3ccccn23)cc1. The van der Waals surface area contributed by atoms with Gasteiger partial charge in [-0.25, -0.2) is 15.0 Å². The first kappa shape index (κ1) is 31.0. The van der Waals surface area contributed by atoms with Crippen LogP contribution in [0.1, 0.15) is 22.3 Å². The van der Waals surface area contributed by atoms with E-state index in [0.29, 0.717) is 5.82 Å². The molecule has 4 heteroatoms. The first-order valence-electron chi connectivity index (χ1n) is 19.1. The first-order chi connectivity index (χ1) is 27.8. The van der Waals surface area contributed by atoms with Crippen LogP contribution < -0.4 is 0 Å². The molecule has 0 bridgehead atoms. The molecular formula is C52H32N4. The van der Waals surface area contributed by atoms with Gasteiger partial charge in [0.2, 0.25) is 0 Å². The molecule has 2 aliphatic carbocycles. The maximum atomic E-state index is 5.39. The Balaban J connectivity index is 1.02. The lowest BCUT2D eigenvalue weighted by atomic mass is 9.70. The minimum atomic E-state index is -0.423. The van der Waals surface area contributed by atoms with Crippen LogP contribution >= 0.6 is 0 Å². The number of fused-ring (bicyclic) bond motifs is 12. The van der Waals surface area contributed by atoms with Crippen LogP contribution in [0.15, 0.2) is 194 Å². The fourth-order valence-electron chi connectivity index (χ4n) is 9.51. The van der Waals surface area contributed by atoms with Gasteiger partial charge >= 0.3 is 0 Å². The molecule has 56 heavy (non-hydrogen) atoms. The Morgan fingerprint density at radius 2 is 0.946 bits per heavy atom. The maximum Gasteiger partial charge on any atom is 0.160 e. The molecular weight excluding hydrogens is 681 g/mol. The number of imidazole rings is 1. The van der Waals surface area contributed by atoms with Crippen molar-refractivity contribution in [3.8, 4) is 67.4 Å². The van der Waals surface area contributed by atoms with E-state index in [1.54, 1.807) is 0 Å². The molecule has 0 atom stereocenters. The molecule has 0 aliphatic heterocycles. The highest BCUT2D eigenvalue weighted by atomic mass is 15.0. The number of nitrogens with zero attached hydrogens (tertiary/aromatic N) is 4. The largest absolute Gasteiger partial charge is 0.299 e. The van der Waals surface area contributed by atoms with Crippen LogP contribution in [0, 0.1) is 0 Å². The predicted octanol–water partition coefficient (Wildman–Crippen LogP) is 12.3. The lowest BCUT2D eigenvalue weighted by Crippen LogP contribution is -2.25. The molecule has 7 aromatic carbocycles. The third-order valence-corrected chi connectivity index (χ3v) is 11.9. The average molecular weight is 713 g/mol. The van der Waals surface area contributed by atoms with Gasteiger partial charge in [0, 0.05) is 33.8 Å². The number of pyridine rings is 1. The minimum Gasteiger partial charge on any atom is -0.299 e. The van der Waals surface area contributed by atoms with Crippen molar-refractivity contribution in [1.29, 1.82) is 0 Å². The Labute approximate surface area is 324 Å². The molecule has 0 N–H and O–H groups in total. The number of hydrogen-bond acceptors (Lipinski definition) is 3. The van der Waals surface area contributed by atoms with E-state index in [1.165, 1.54) is 44.5 Å². The van der Waals surface area contributed by atoms with E-state index in [2.05, 4.69) is 180 Å². The summed E-state index contributed by atoms with van der Waals surface area (Å²) in [4.78, 5) is 15.6. The fourth-order valence-corrected chi connectivity index (χ4v) is 9.51. The van der Waals surface area contributed by atoms with Gasteiger partial charge < -0.3 is 0 Å². The predicted molar refractivity (Wildman–Crippen MR) is 226 cm³/mol. The third-order valence-electron chi connectivity index (χ3n) is 11.9. The Morgan fingerprint density at radius 1 is 0.375 bits per heavy atom. The van der Waals surface area contributed by atoms with Gasteiger partial charge in [-0.1, -0.05) is 164 Å². The van der Waals surface area contributed by atoms with Crippen LogP contribution in [-0.2, 0) is 5.41 Å². The molecule has 0 amide bonds. The van der Waals surface area contributed by atoms with Crippen molar-refractivity contribution in [2.75, 3.05) is 0 Å². The Morgan fingerprint density at radius 3 is 1.66 bits per heavy atom. The summed E-state index contributed by atoms with van der Waals surface area (Å²) < 4.78 is 2.17. The molecule has 3 aromatic heterocycles. The van der Waals surface area contributed by atoms with Gasteiger partial charge in [0.1, 0.15) is 5.65 Å². The summed E-state index contributed by atoms with van der Waals surface area (Å²) >= 11 is 0. The second kappa shape index (κ2) is 11.8. The van der Waals surface area contributed by atoms with Gasteiger partial charge in [-0.2, -0.15) is 0 Å². The monoisotopic (exact) mass is 712 g/mol. The lowest BCUT2D eigenvalue weighted by molar-refractivity contribution is 0.794. The zero-order valence-electron chi connectivity index (χ0n) is 30.3. The molecule has 2 aliphatic rings. The van der Waals surface area contributed by atoms with Crippen LogP contribution in [0.4, 0.5) is 0 Å². The molecule has 10 aromatic rings. The topological polar surface area (TPSA) is 43.1 Å². The zero-order valence-corrected chi connectivity index (χ0v) is 30.3. The summed E-state index contributed by atoms with van der Waals surface area (Å²) in [5, 5.41) is 1.03. The van der Waals surface area contributed by atoms with Gasteiger partial charge in [0.25, 0.3) is 0 Å². The normalized spacial score (nSPS) is 13.1. The molecule has 4 nitrogen and oxygen atoms in total. The van der Waals surface area contributed by atoms with Crippen molar-refractivity contribution < 1.29 is 0 Å². The standard InChI is InChI=1S/C52H32N4/c1-2-14-34(15-3-1)50-49(54-47-24-12-13-31-56(47)50)33-25-27-35(28-26-33)51-53-46-23-11-7-19-41(46)48(55-51)36-29-30-40-39-18-6-10-22-44(39)52(45(40)32-36)42-20-8-4-16-37(42)38-17-5-9-21-43(38)52/h1-32H. The number of rotatable bonds is 4. The summed E-state index contributed by atoms with van der Waals surface area (Å²) in [5.41, 5.74) is 19.0. The van der Waals surface area contributed by atoms with Crippen LogP contribution in [0.2, 0.25) is 0 Å². The van der Waals surface area contributed by atoms with E-state index in [-0.39, 0.29) is 0 Å². The van der Waals surface area contributed by atoms with E-state index >= 15 is 0 Å². The van der Waals surface area contributed by atoms with E-state index in [0.717, 1.165) is 55.9 Å². The minimum absolute atomic E-state index is 0.423. The maximum absolute atomic E-state index is 5.39. The van der Waals surface area contributed by atoms with Gasteiger partial charge in [-0.15, -0.1) is 0 Å². The highest BCUT2D eigenvalue weighted by molar-refractivity contribution is 5.98. The fraction of sp³-hybridized carbons (Fsp3) is 0.0192. The quantitative estimate of drug-likeness (QED) is 0.182. The Kier molecular flexibility index (Phi) is 6.52. The zero-order chi connectivity index (χ0) is 36.8. The molecule has 0 fully saturated rings. The van der Waals surface area contributed by atoms with Crippen molar-refractivity contribution in [3.05, 3.63) is 217 Å². The number of aromatic nitrogens is 4. The molecule has 0 unspecified atom stereocenters. The lowest BCUT2D eigenvalue weighted by Gasteiger charge is -2.30. The highest BCUT2D eigenvalue weighted by Gasteiger charge is 2.51. The second-order valence-corrected chi connectivity index (χ2v) is 14.7. The summed E-state index contributed by atoms with van der Waals surface area (Å²) in [6.45, 7) is 0. The van der Waals surface area contributed by atoms with Crippen LogP contribution in [0.25, 0.3) is 84.0 Å². The van der Waals surface area contributed by atoms with Crippen molar-refractivity contribution in [2.45, 2.75) is 5.41 Å². The Hall–Kier alpha value is -7.43. The average Bonchev–Trinajstić information content (AvgIpc) is 3.91. The second-order valence-electron chi connectivity index (χ2n) is 14.7. The number of benzene rings is 7. The van der Waals surface area contributed by atoms with E-state index < -0.39 is 5.41 Å². The van der Waals surface area contributed by atoms with E-state index in [9.17, 15) is 0 Å². The van der Waals surface area contributed by atoms with Gasteiger partial charge in [0.15, 0.2) is 5.82 Å². The van der Waals surface area contributed by atoms with Crippen molar-refractivity contribution >= 4 is 16.6 Å². The van der Waals surface area contributed by atoms with Crippen molar-refractivity contribution in [2.24, 2.45) is 0 Å². The molecule has 260 valence electrons. The van der Waals surface area contributed by atoms with Gasteiger partial charge in [-0.05, 0) is 68.8 Å². The Bertz CT molecular complexity index is 3130. The van der Waals surface area contributed by atoms with Crippen molar-refractivity contribution in [3.63, 3.8) is 0 Å². The number of hydrogen-bond donors (Lipinski definition) is 0. The highest BCUT2D eigenvalue weighted by Crippen LogP contribution is 2.63. The molecule has 12 rings (SSSR count). The van der Waals surface area contributed by atoms with Gasteiger partial charge in [0.05, 0.1) is 28.0 Å². The molecule has 1 spiro atoms. The van der Waals surface area contributed by atoms with Crippen LogP contribution in [-0.4, -0.2) is 19.4 Å². The molecule has 0 saturated heterocycles. The van der Waals surface area contributed by atoms with E-state index in [4.69, 9.17) is 15.0 Å². The summed E-state index contributed by atoms with van der Waals surface area (Å²) in [6, 6.07) is 67.3. The number of para-hydroxylation sites is 1. The third kappa shape index (κ3) is 4.27. The van der Waals surface area contributed by atoms with E-state index in [1.807, 2.05) is 18.2 Å². The molecule has 0 saturated carbocycles.